The molecule has 0 bridgehead atoms. The Kier molecular flexibility index (Phi) is 4.10. The first-order valence-corrected chi connectivity index (χ1v) is 6.83. The fourth-order valence-corrected chi connectivity index (χ4v) is 2.84. The second-order valence-corrected chi connectivity index (χ2v) is 5.28. The molecule has 1 aromatic carbocycles. The van der Waals surface area contributed by atoms with Crippen LogP contribution < -0.4 is 0 Å². The minimum absolute atomic E-state index is 0.111. The summed E-state index contributed by atoms with van der Waals surface area (Å²) >= 11 is 9.67. The summed E-state index contributed by atoms with van der Waals surface area (Å²) in [5, 5.41) is 14.3. The van der Waals surface area contributed by atoms with Crippen LogP contribution in [-0.4, -0.2) is 21.5 Å². The number of aryl methyl sites for hydroxylation is 1. The van der Waals surface area contributed by atoms with Gasteiger partial charge in [-0.05, 0) is 47.5 Å². The van der Waals surface area contributed by atoms with Crippen LogP contribution in [0.3, 0.4) is 0 Å². The molecule has 1 N–H and O–H groups in total. The molecule has 0 aliphatic carbocycles. The number of aliphatic hydroxyl groups is 1. The van der Waals surface area contributed by atoms with Crippen molar-refractivity contribution in [1.29, 1.82) is 0 Å². The largest absolute Gasteiger partial charge is 0.396 e. The van der Waals surface area contributed by atoms with Crippen LogP contribution in [0.5, 0.6) is 0 Å². The van der Waals surface area contributed by atoms with Crippen LogP contribution in [0.2, 0.25) is 5.02 Å². The van der Waals surface area contributed by atoms with Gasteiger partial charge in [0.1, 0.15) is 4.60 Å². The van der Waals surface area contributed by atoms with Crippen LogP contribution in [0.15, 0.2) is 22.8 Å². The second kappa shape index (κ2) is 5.43. The van der Waals surface area contributed by atoms with E-state index in [0.717, 1.165) is 32.1 Å². The third-order valence-electron chi connectivity index (χ3n) is 2.95. The Morgan fingerprint density at radius 2 is 2.11 bits per heavy atom. The number of aliphatic hydroxyl groups excluding tert-OH is 1. The average molecular weight is 330 g/mol. The quantitative estimate of drug-likeness (QED) is 0.936. The predicted molar refractivity (Wildman–Crippen MR) is 76.5 cm³/mol. The zero-order valence-corrected chi connectivity index (χ0v) is 12.6. The fraction of sp³-hybridized carbons (Fsp3) is 0.308. The van der Waals surface area contributed by atoms with E-state index < -0.39 is 0 Å². The summed E-state index contributed by atoms with van der Waals surface area (Å²) in [7, 11) is 0. The molecule has 96 valence electrons. The summed E-state index contributed by atoms with van der Waals surface area (Å²) in [4.78, 5) is 0. The minimum atomic E-state index is 0.111. The zero-order valence-electron chi connectivity index (χ0n) is 10.2. The fourth-order valence-electron chi connectivity index (χ4n) is 1.91. The standard InChI is InChI=1S/C13H14BrClN2O/c1-8-11(15)4-3-5-12(8)17-13(14)10(6-7-18)9(2)16-17/h3-5,18H,6-7H2,1-2H3. The first kappa shape index (κ1) is 13.6. The molecule has 0 aliphatic heterocycles. The van der Waals surface area contributed by atoms with Crippen molar-refractivity contribution in [3.8, 4) is 5.69 Å². The third kappa shape index (κ3) is 2.32. The number of aromatic nitrogens is 2. The molecule has 1 heterocycles. The van der Waals surface area contributed by atoms with Gasteiger partial charge in [0, 0.05) is 23.6 Å². The zero-order chi connectivity index (χ0) is 13.3. The molecule has 5 heteroatoms. The summed E-state index contributed by atoms with van der Waals surface area (Å²) in [5.41, 5.74) is 3.87. The number of halogens is 2. The van der Waals surface area contributed by atoms with E-state index in [1.54, 1.807) is 0 Å². The van der Waals surface area contributed by atoms with Gasteiger partial charge < -0.3 is 5.11 Å². The monoisotopic (exact) mass is 328 g/mol. The van der Waals surface area contributed by atoms with Gasteiger partial charge in [0.15, 0.2) is 0 Å². The van der Waals surface area contributed by atoms with Crippen LogP contribution >= 0.6 is 27.5 Å². The maximum Gasteiger partial charge on any atom is 0.113 e. The minimum Gasteiger partial charge on any atom is -0.396 e. The molecule has 0 aliphatic rings. The highest BCUT2D eigenvalue weighted by atomic mass is 79.9. The van der Waals surface area contributed by atoms with E-state index in [4.69, 9.17) is 16.7 Å². The first-order chi connectivity index (χ1) is 8.56. The van der Waals surface area contributed by atoms with Crippen molar-refractivity contribution < 1.29 is 5.11 Å². The maximum atomic E-state index is 9.07. The van der Waals surface area contributed by atoms with Gasteiger partial charge in [-0.2, -0.15) is 5.10 Å². The van der Waals surface area contributed by atoms with Gasteiger partial charge in [0.05, 0.1) is 11.4 Å². The van der Waals surface area contributed by atoms with Crippen LogP contribution in [-0.2, 0) is 6.42 Å². The van der Waals surface area contributed by atoms with Gasteiger partial charge >= 0.3 is 0 Å². The van der Waals surface area contributed by atoms with Gasteiger partial charge in [-0.25, -0.2) is 4.68 Å². The van der Waals surface area contributed by atoms with E-state index in [2.05, 4.69) is 21.0 Å². The molecule has 3 nitrogen and oxygen atoms in total. The summed E-state index contributed by atoms with van der Waals surface area (Å²) in [6.45, 7) is 4.01. The van der Waals surface area contributed by atoms with E-state index >= 15 is 0 Å². The molecule has 0 atom stereocenters. The van der Waals surface area contributed by atoms with E-state index in [-0.39, 0.29) is 6.61 Å². The molecule has 0 saturated carbocycles. The molecule has 2 aromatic rings. The maximum absolute atomic E-state index is 9.07. The Labute approximate surface area is 120 Å². The van der Waals surface area contributed by atoms with Gasteiger partial charge in [-0.3, -0.25) is 0 Å². The second-order valence-electron chi connectivity index (χ2n) is 4.12. The summed E-state index contributed by atoms with van der Waals surface area (Å²) in [5.74, 6) is 0. The topological polar surface area (TPSA) is 38.0 Å². The molecule has 0 spiro atoms. The smallest absolute Gasteiger partial charge is 0.113 e. The van der Waals surface area contributed by atoms with Crippen LogP contribution in [0, 0.1) is 13.8 Å². The van der Waals surface area contributed by atoms with Crippen LogP contribution in [0.1, 0.15) is 16.8 Å². The van der Waals surface area contributed by atoms with E-state index in [0.29, 0.717) is 6.42 Å². The molecule has 2 rings (SSSR count). The first-order valence-electron chi connectivity index (χ1n) is 5.66. The Balaban J connectivity index is 2.58. The predicted octanol–water partition coefficient (Wildman–Crippen LogP) is 3.44. The molecule has 0 unspecified atom stereocenters. The lowest BCUT2D eigenvalue weighted by Crippen LogP contribution is -2.00. The van der Waals surface area contributed by atoms with Gasteiger partial charge in [-0.15, -0.1) is 0 Å². The molecule has 0 amide bonds. The number of nitrogens with zero attached hydrogens (tertiary/aromatic N) is 2. The van der Waals surface area contributed by atoms with Crippen molar-refractivity contribution in [2.24, 2.45) is 0 Å². The van der Waals surface area contributed by atoms with Crippen molar-refractivity contribution in [2.75, 3.05) is 6.61 Å². The van der Waals surface area contributed by atoms with Crippen molar-refractivity contribution in [3.05, 3.63) is 44.6 Å². The normalized spacial score (nSPS) is 10.9. The van der Waals surface area contributed by atoms with Gasteiger partial charge in [0.2, 0.25) is 0 Å². The number of benzene rings is 1. The molecule has 0 fully saturated rings. The highest BCUT2D eigenvalue weighted by molar-refractivity contribution is 9.10. The van der Waals surface area contributed by atoms with Crippen LogP contribution in [0.25, 0.3) is 5.69 Å². The summed E-state index contributed by atoms with van der Waals surface area (Å²) < 4.78 is 2.70. The number of hydrogen-bond acceptors (Lipinski definition) is 2. The van der Waals surface area contributed by atoms with Crippen LogP contribution in [0.4, 0.5) is 0 Å². The number of hydrogen-bond donors (Lipinski definition) is 1. The Morgan fingerprint density at radius 1 is 1.39 bits per heavy atom. The molecule has 18 heavy (non-hydrogen) atoms. The van der Waals surface area contributed by atoms with Crippen molar-refractivity contribution in [3.63, 3.8) is 0 Å². The highest BCUT2D eigenvalue weighted by Gasteiger charge is 2.15. The summed E-state index contributed by atoms with van der Waals surface area (Å²) in [6.07, 6.45) is 0.589. The van der Waals surface area contributed by atoms with Crippen molar-refractivity contribution in [2.45, 2.75) is 20.3 Å². The van der Waals surface area contributed by atoms with E-state index in [9.17, 15) is 0 Å². The van der Waals surface area contributed by atoms with Gasteiger partial charge in [0.25, 0.3) is 0 Å². The van der Waals surface area contributed by atoms with Crippen molar-refractivity contribution >= 4 is 27.5 Å². The molecule has 0 saturated heterocycles. The Bertz CT molecular complexity index is 581. The highest BCUT2D eigenvalue weighted by Crippen LogP contribution is 2.28. The third-order valence-corrected chi connectivity index (χ3v) is 4.17. The van der Waals surface area contributed by atoms with Gasteiger partial charge in [-0.1, -0.05) is 17.7 Å². The Hall–Kier alpha value is -0.840. The average Bonchev–Trinajstić information content (AvgIpc) is 2.61. The molecule has 0 radical (unpaired) electrons. The molecular weight excluding hydrogens is 316 g/mol. The molecular formula is C13H14BrClN2O. The molecule has 1 aromatic heterocycles. The van der Waals surface area contributed by atoms with E-state index in [1.807, 2.05) is 36.7 Å². The lowest BCUT2D eigenvalue weighted by atomic mass is 10.2. The van der Waals surface area contributed by atoms with E-state index in [1.165, 1.54) is 0 Å². The van der Waals surface area contributed by atoms with Crippen molar-refractivity contribution in [1.82, 2.24) is 9.78 Å². The Morgan fingerprint density at radius 3 is 2.78 bits per heavy atom. The lowest BCUT2D eigenvalue weighted by Gasteiger charge is -2.08. The lowest BCUT2D eigenvalue weighted by molar-refractivity contribution is 0.299. The SMILES string of the molecule is Cc1nn(-c2cccc(Cl)c2C)c(Br)c1CCO. The number of rotatable bonds is 3. The summed E-state index contributed by atoms with van der Waals surface area (Å²) in [6, 6.07) is 5.74.